The van der Waals surface area contributed by atoms with E-state index in [0.29, 0.717) is 54.2 Å². The van der Waals surface area contributed by atoms with Crippen molar-refractivity contribution in [2.75, 3.05) is 47.6 Å². The number of ether oxygens (including phenoxy) is 4. The highest BCUT2D eigenvalue weighted by Gasteiger charge is 2.36. The zero-order chi connectivity index (χ0) is 23.5. The number of hydrogen-bond acceptors (Lipinski definition) is 9. The van der Waals surface area contributed by atoms with Crippen LogP contribution in [0.15, 0.2) is 27.8 Å². The molecular formula is C21H23N5O6S. The average Bonchev–Trinajstić information content (AvgIpc) is 3.23. The van der Waals surface area contributed by atoms with E-state index in [4.69, 9.17) is 24.4 Å². The maximum atomic E-state index is 12.7. The lowest BCUT2D eigenvalue weighted by Crippen LogP contribution is -2.41. The summed E-state index contributed by atoms with van der Waals surface area (Å²) in [6.45, 7) is 2.10. The number of rotatable bonds is 6. The van der Waals surface area contributed by atoms with Gasteiger partial charge in [-0.2, -0.15) is 15.1 Å². The molecule has 1 N–H and O–H groups in total. The van der Waals surface area contributed by atoms with Crippen LogP contribution in [-0.2, 0) is 14.3 Å². The summed E-state index contributed by atoms with van der Waals surface area (Å²) in [5, 5.41) is 14.9. The zero-order valence-electron chi connectivity index (χ0n) is 18.4. The lowest BCUT2D eigenvalue weighted by atomic mass is 10.1. The maximum absolute atomic E-state index is 12.7. The molecule has 0 aliphatic carbocycles. The van der Waals surface area contributed by atoms with Crippen LogP contribution in [0.3, 0.4) is 0 Å². The molecule has 1 saturated heterocycles. The van der Waals surface area contributed by atoms with Crippen molar-refractivity contribution in [3.05, 3.63) is 23.3 Å². The molecule has 1 aromatic rings. The first kappa shape index (κ1) is 22.8. The van der Waals surface area contributed by atoms with Crippen LogP contribution < -0.4 is 14.2 Å². The number of nitrogens with one attached hydrogen (secondary N) is 1. The number of fused-ring (bicyclic) bond motifs is 1. The van der Waals surface area contributed by atoms with E-state index in [0.717, 1.165) is 11.8 Å². The number of hydrazone groups is 1. The van der Waals surface area contributed by atoms with Crippen molar-refractivity contribution in [1.82, 2.24) is 9.91 Å². The number of benzene rings is 1. The third-order valence-electron chi connectivity index (χ3n) is 5.16. The highest BCUT2D eigenvalue weighted by molar-refractivity contribution is 8.27. The van der Waals surface area contributed by atoms with E-state index >= 15 is 0 Å². The molecule has 11 nitrogen and oxygen atoms in total. The van der Waals surface area contributed by atoms with E-state index in [1.807, 2.05) is 0 Å². The van der Waals surface area contributed by atoms with E-state index in [9.17, 15) is 9.59 Å². The number of carbonyl (C=O) groups is 2. The van der Waals surface area contributed by atoms with Crippen molar-refractivity contribution in [3.63, 3.8) is 0 Å². The second-order valence-corrected chi connectivity index (χ2v) is 8.18. The van der Waals surface area contributed by atoms with Crippen LogP contribution in [0.2, 0.25) is 0 Å². The summed E-state index contributed by atoms with van der Waals surface area (Å²) < 4.78 is 21.3. The van der Waals surface area contributed by atoms with Crippen molar-refractivity contribution >= 4 is 45.7 Å². The van der Waals surface area contributed by atoms with Gasteiger partial charge in [0.05, 0.1) is 46.5 Å². The van der Waals surface area contributed by atoms with Crippen LogP contribution in [0, 0.1) is 5.41 Å². The summed E-state index contributed by atoms with van der Waals surface area (Å²) in [5.41, 5.74) is 0.618. The maximum Gasteiger partial charge on any atom is 0.283 e. The fraction of sp³-hybridized carbons (Fsp3) is 0.381. The number of carbonyl (C=O) groups excluding carboxylic acids is 2. The van der Waals surface area contributed by atoms with Gasteiger partial charge in [0.25, 0.3) is 5.91 Å². The first-order valence-electron chi connectivity index (χ1n) is 10.1. The van der Waals surface area contributed by atoms with E-state index in [2.05, 4.69) is 10.1 Å². The number of nitrogens with zero attached hydrogens (tertiary/aromatic N) is 4. The minimum Gasteiger partial charge on any atom is -0.493 e. The Bertz CT molecular complexity index is 1070. The molecule has 12 heteroatoms. The van der Waals surface area contributed by atoms with E-state index in [1.165, 1.54) is 32.4 Å². The van der Waals surface area contributed by atoms with Crippen LogP contribution in [-0.4, -0.2) is 85.4 Å². The quantitative estimate of drug-likeness (QED) is 0.617. The van der Waals surface area contributed by atoms with Gasteiger partial charge < -0.3 is 23.8 Å². The van der Waals surface area contributed by atoms with Gasteiger partial charge in [0, 0.05) is 13.1 Å². The van der Waals surface area contributed by atoms with Crippen LogP contribution >= 0.6 is 11.8 Å². The Hall–Kier alpha value is -3.38. The van der Waals surface area contributed by atoms with Gasteiger partial charge >= 0.3 is 0 Å². The minimum absolute atomic E-state index is 0.0538. The van der Waals surface area contributed by atoms with Gasteiger partial charge in [-0.15, -0.1) is 0 Å². The fourth-order valence-electron chi connectivity index (χ4n) is 3.51. The molecule has 0 saturated carbocycles. The van der Waals surface area contributed by atoms with Crippen molar-refractivity contribution in [1.29, 1.82) is 5.41 Å². The van der Waals surface area contributed by atoms with Gasteiger partial charge in [0.1, 0.15) is 5.04 Å². The molecule has 2 amide bonds. The number of aliphatic imine (C=N–C) groups is 1. The molecule has 3 heterocycles. The lowest BCUT2D eigenvalue weighted by molar-refractivity contribution is -0.133. The van der Waals surface area contributed by atoms with Crippen LogP contribution in [0.4, 0.5) is 0 Å². The third kappa shape index (κ3) is 4.57. The van der Waals surface area contributed by atoms with Gasteiger partial charge in [-0.3, -0.25) is 15.0 Å². The average molecular weight is 474 g/mol. The summed E-state index contributed by atoms with van der Waals surface area (Å²) in [6, 6.07) is 3.34. The molecule has 0 aromatic heterocycles. The van der Waals surface area contributed by atoms with Crippen molar-refractivity contribution in [2.45, 2.75) is 6.42 Å². The largest absolute Gasteiger partial charge is 0.493 e. The zero-order valence-corrected chi connectivity index (χ0v) is 19.2. The van der Waals surface area contributed by atoms with E-state index < -0.39 is 5.91 Å². The molecule has 0 atom stereocenters. The lowest BCUT2D eigenvalue weighted by Gasteiger charge is -2.26. The Balaban J connectivity index is 1.57. The summed E-state index contributed by atoms with van der Waals surface area (Å²) in [5.74, 6) is 0.491. The van der Waals surface area contributed by atoms with Gasteiger partial charge in [0.15, 0.2) is 17.3 Å². The molecule has 33 heavy (non-hydrogen) atoms. The van der Waals surface area contributed by atoms with Crippen LogP contribution in [0.1, 0.15) is 12.0 Å². The molecule has 4 rings (SSSR count). The Kier molecular flexibility index (Phi) is 6.65. The van der Waals surface area contributed by atoms with Crippen molar-refractivity contribution in [3.8, 4) is 17.2 Å². The number of morpholine rings is 1. The molecule has 0 spiro atoms. The van der Waals surface area contributed by atoms with E-state index in [-0.39, 0.29) is 28.9 Å². The molecule has 0 radical (unpaired) electrons. The molecule has 3 aliphatic heterocycles. The second-order valence-electron chi connectivity index (χ2n) is 7.14. The summed E-state index contributed by atoms with van der Waals surface area (Å²) >= 11 is 1.12. The normalized spacial score (nSPS) is 19.3. The van der Waals surface area contributed by atoms with E-state index in [1.54, 1.807) is 17.0 Å². The summed E-state index contributed by atoms with van der Waals surface area (Å²) in [6.07, 6.45) is 1.60. The summed E-state index contributed by atoms with van der Waals surface area (Å²) in [4.78, 5) is 31.0. The van der Waals surface area contributed by atoms with Crippen LogP contribution in [0.5, 0.6) is 17.2 Å². The molecule has 3 aliphatic rings. The minimum atomic E-state index is -0.566. The van der Waals surface area contributed by atoms with Gasteiger partial charge in [-0.05, 0) is 35.5 Å². The SMILES string of the molecule is COc1cc(C=C2C(=N)N3N=C(CC(=O)N4CCOCC4)SC3=NC2=O)cc(OC)c1OC. The predicted molar refractivity (Wildman–Crippen MR) is 123 cm³/mol. The molecule has 1 aromatic carbocycles. The first-order valence-corrected chi connectivity index (χ1v) is 10.9. The topological polar surface area (TPSA) is 126 Å². The van der Waals surface area contributed by atoms with Gasteiger partial charge in [-0.25, -0.2) is 0 Å². The molecule has 0 bridgehead atoms. The second kappa shape index (κ2) is 9.63. The van der Waals surface area contributed by atoms with Crippen molar-refractivity contribution < 1.29 is 28.5 Å². The predicted octanol–water partition coefficient (Wildman–Crippen LogP) is 1.58. The highest BCUT2D eigenvalue weighted by Crippen LogP contribution is 2.39. The number of hydrogen-bond donors (Lipinski definition) is 1. The van der Waals surface area contributed by atoms with Crippen molar-refractivity contribution in [2.24, 2.45) is 10.1 Å². The Morgan fingerprint density at radius 1 is 1.18 bits per heavy atom. The number of amides is 2. The number of thioether (sulfide) groups is 1. The Morgan fingerprint density at radius 3 is 2.45 bits per heavy atom. The van der Waals surface area contributed by atoms with Crippen LogP contribution in [0.25, 0.3) is 6.08 Å². The highest BCUT2D eigenvalue weighted by atomic mass is 32.2. The molecule has 174 valence electrons. The van der Waals surface area contributed by atoms with Gasteiger partial charge in [0.2, 0.25) is 16.8 Å². The Labute approximate surface area is 194 Å². The standard InChI is InChI=1S/C21H23N5O6S/c1-29-14-9-12(10-15(30-2)18(14)31-3)8-13-19(22)26-21(23-20(13)28)33-16(24-26)11-17(27)25-4-6-32-7-5-25/h8-10,22H,4-7,11H2,1-3H3. The number of amidine groups is 2. The molecular weight excluding hydrogens is 450 g/mol. The molecule has 0 unspecified atom stereocenters. The first-order chi connectivity index (χ1) is 15.9. The fourth-order valence-corrected chi connectivity index (χ4v) is 4.38. The number of methoxy groups -OCH3 is 3. The monoisotopic (exact) mass is 473 g/mol. The third-order valence-corrected chi connectivity index (χ3v) is 6.07. The molecule has 1 fully saturated rings. The summed E-state index contributed by atoms with van der Waals surface area (Å²) in [7, 11) is 4.49. The smallest absolute Gasteiger partial charge is 0.283 e. The van der Waals surface area contributed by atoms with Gasteiger partial charge in [-0.1, -0.05) is 0 Å². The Morgan fingerprint density at radius 2 is 1.85 bits per heavy atom.